The van der Waals surface area contributed by atoms with Gasteiger partial charge in [-0.2, -0.15) is 0 Å². The molecule has 0 aromatic heterocycles. The molecule has 4 nitrogen and oxygen atoms in total. The van der Waals surface area contributed by atoms with Crippen LogP contribution in [0.3, 0.4) is 0 Å². The zero-order valence-electron chi connectivity index (χ0n) is 8.28. The van der Waals surface area contributed by atoms with Crippen molar-refractivity contribution in [3.05, 3.63) is 0 Å². The maximum Gasteiger partial charge on any atom is 0.411 e. The van der Waals surface area contributed by atoms with Crippen molar-refractivity contribution >= 4 is 6.09 Å². The van der Waals surface area contributed by atoms with Crippen molar-refractivity contribution in [1.29, 1.82) is 0 Å². The number of rotatable bonds is 1. The summed E-state index contributed by atoms with van der Waals surface area (Å²) in [6.07, 6.45) is 3.84. The molecule has 0 saturated carbocycles. The summed E-state index contributed by atoms with van der Waals surface area (Å²) in [6.45, 7) is 0.741. The molecule has 0 bridgehead atoms. The fraction of sp³-hybridized carbons (Fsp3) is 0.889. The van der Waals surface area contributed by atoms with Crippen LogP contribution in [0.1, 0.15) is 25.7 Å². The van der Waals surface area contributed by atoms with E-state index in [4.69, 9.17) is 4.74 Å². The number of likely N-dealkylation sites (tertiary alicyclic amines) is 1. The van der Waals surface area contributed by atoms with Gasteiger partial charge in [0.25, 0.3) is 0 Å². The highest BCUT2D eigenvalue weighted by molar-refractivity contribution is 5.67. The Bertz CT molecular complexity index is 172. The molecular formula is C9H17NO3. The first-order valence-corrected chi connectivity index (χ1v) is 4.67. The van der Waals surface area contributed by atoms with Crippen molar-refractivity contribution in [2.75, 3.05) is 20.8 Å². The van der Waals surface area contributed by atoms with Crippen molar-refractivity contribution in [3.63, 3.8) is 0 Å². The van der Waals surface area contributed by atoms with Crippen LogP contribution in [0.5, 0.6) is 0 Å². The van der Waals surface area contributed by atoms with Gasteiger partial charge in [-0.1, -0.05) is 6.42 Å². The van der Waals surface area contributed by atoms with E-state index < -0.39 is 0 Å². The molecule has 1 saturated heterocycles. The van der Waals surface area contributed by atoms with Crippen molar-refractivity contribution in [2.24, 2.45) is 0 Å². The zero-order chi connectivity index (χ0) is 9.68. The first-order chi connectivity index (χ1) is 6.29. The second kappa shape index (κ2) is 5.07. The van der Waals surface area contributed by atoms with E-state index in [1.54, 1.807) is 12.0 Å². The summed E-state index contributed by atoms with van der Waals surface area (Å²) in [5.41, 5.74) is 0. The summed E-state index contributed by atoms with van der Waals surface area (Å²) in [6, 6.07) is 0. The first-order valence-electron chi connectivity index (χ1n) is 4.67. The lowest BCUT2D eigenvalue weighted by Crippen LogP contribution is -2.40. The van der Waals surface area contributed by atoms with Gasteiger partial charge in [0.1, 0.15) is 6.23 Å². The Morgan fingerprint density at radius 3 is 2.69 bits per heavy atom. The van der Waals surface area contributed by atoms with Crippen LogP contribution in [0.25, 0.3) is 0 Å². The lowest BCUT2D eigenvalue weighted by atomic mass is 10.2. The molecule has 1 amide bonds. The number of methoxy groups -OCH3 is 2. The Morgan fingerprint density at radius 2 is 2.08 bits per heavy atom. The van der Waals surface area contributed by atoms with Crippen LogP contribution in [0, 0.1) is 0 Å². The molecule has 0 aliphatic carbocycles. The van der Waals surface area contributed by atoms with E-state index in [-0.39, 0.29) is 12.3 Å². The Hall–Kier alpha value is -0.770. The fourth-order valence-electron chi connectivity index (χ4n) is 1.65. The predicted octanol–water partition coefficient (Wildman–Crippen LogP) is 1.60. The second-order valence-corrected chi connectivity index (χ2v) is 3.20. The van der Waals surface area contributed by atoms with Crippen molar-refractivity contribution in [3.8, 4) is 0 Å². The standard InChI is InChI=1S/C9H17NO3/c1-12-8-6-4-3-5-7-10(8)9(11)13-2/h8H,3-7H2,1-2H3. The SMILES string of the molecule is COC(=O)N1CCCCCC1OC. The summed E-state index contributed by atoms with van der Waals surface area (Å²) < 4.78 is 9.92. The highest BCUT2D eigenvalue weighted by Gasteiger charge is 2.25. The van der Waals surface area contributed by atoms with E-state index in [0.29, 0.717) is 0 Å². The molecule has 0 aromatic carbocycles. The minimum atomic E-state index is -0.284. The molecule has 0 aromatic rings. The number of ether oxygens (including phenoxy) is 2. The Kier molecular flexibility index (Phi) is 4.02. The molecule has 1 unspecified atom stereocenters. The van der Waals surface area contributed by atoms with Crippen molar-refractivity contribution < 1.29 is 14.3 Å². The Balaban J connectivity index is 2.58. The van der Waals surface area contributed by atoms with E-state index >= 15 is 0 Å². The van der Waals surface area contributed by atoms with Gasteiger partial charge >= 0.3 is 6.09 Å². The van der Waals surface area contributed by atoms with Gasteiger partial charge in [0.2, 0.25) is 0 Å². The summed E-state index contributed by atoms with van der Waals surface area (Å²) in [5, 5.41) is 0. The lowest BCUT2D eigenvalue weighted by Gasteiger charge is -2.26. The highest BCUT2D eigenvalue weighted by Crippen LogP contribution is 2.17. The molecule has 0 spiro atoms. The third-order valence-corrected chi connectivity index (χ3v) is 2.38. The maximum atomic E-state index is 11.3. The molecule has 1 fully saturated rings. The molecule has 1 heterocycles. The van der Waals surface area contributed by atoms with Gasteiger partial charge in [-0.3, -0.25) is 4.90 Å². The zero-order valence-corrected chi connectivity index (χ0v) is 8.28. The van der Waals surface area contributed by atoms with Crippen molar-refractivity contribution in [1.82, 2.24) is 4.90 Å². The summed E-state index contributed by atoms with van der Waals surface area (Å²) in [5.74, 6) is 0. The third-order valence-electron chi connectivity index (χ3n) is 2.38. The maximum absolute atomic E-state index is 11.3. The summed E-state index contributed by atoms with van der Waals surface area (Å²) >= 11 is 0. The number of nitrogens with zero attached hydrogens (tertiary/aromatic N) is 1. The van der Waals surface area contributed by atoms with Crippen LogP contribution in [-0.2, 0) is 9.47 Å². The third kappa shape index (κ3) is 2.59. The van der Waals surface area contributed by atoms with E-state index in [2.05, 4.69) is 4.74 Å². The molecule has 1 aliphatic rings. The average Bonchev–Trinajstić information content (AvgIpc) is 2.41. The van der Waals surface area contributed by atoms with Crippen LogP contribution in [0.2, 0.25) is 0 Å². The minimum Gasteiger partial charge on any atom is -0.453 e. The van der Waals surface area contributed by atoms with E-state index in [1.807, 2.05) is 0 Å². The topological polar surface area (TPSA) is 38.8 Å². The Morgan fingerprint density at radius 1 is 1.31 bits per heavy atom. The highest BCUT2D eigenvalue weighted by atomic mass is 16.6. The van der Waals surface area contributed by atoms with Gasteiger partial charge in [-0.15, -0.1) is 0 Å². The fourth-order valence-corrected chi connectivity index (χ4v) is 1.65. The molecule has 4 heteroatoms. The summed E-state index contributed by atoms with van der Waals surface area (Å²) in [7, 11) is 3.03. The van der Waals surface area contributed by atoms with Crippen LogP contribution in [-0.4, -0.2) is 38.0 Å². The van der Waals surface area contributed by atoms with Gasteiger partial charge in [-0.25, -0.2) is 4.79 Å². The molecule has 76 valence electrons. The smallest absolute Gasteiger partial charge is 0.411 e. The van der Waals surface area contributed by atoms with Crippen LogP contribution >= 0.6 is 0 Å². The molecule has 0 N–H and O–H groups in total. The molecule has 13 heavy (non-hydrogen) atoms. The van der Waals surface area contributed by atoms with Crippen LogP contribution in [0.4, 0.5) is 4.79 Å². The van der Waals surface area contributed by atoms with Crippen LogP contribution < -0.4 is 0 Å². The monoisotopic (exact) mass is 187 g/mol. The van der Waals surface area contributed by atoms with E-state index in [0.717, 1.165) is 32.2 Å². The van der Waals surface area contributed by atoms with Gasteiger partial charge in [0.15, 0.2) is 0 Å². The predicted molar refractivity (Wildman–Crippen MR) is 48.4 cm³/mol. The molecule has 1 aliphatic heterocycles. The molecule has 1 rings (SSSR count). The number of hydrogen-bond acceptors (Lipinski definition) is 3. The average molecular weight is 187 g/mol. The van der Waals surface area contributed by atoms with Crippen LogP contribution in [0.15, 0.2) is 0 Å². The lowest BCUT2D eigenvalue weighted by molar-refractivity contribution is -0.0248. The molecule has 0 radical (unpaired) electrons. The van der Waals surface area contributed by atoms with E-state index in [1.165, 1.54) is 7.11 Å². The molecular weight excluding hydrogens is 170 g/mol. The number of carbonyl (C=O) groups excluding carboxylic acids is 1. The number of hydrogen-bond donors (Lipinski definition) is 0. The summed E-state index contributed by atoms with van der Waals surface area (Å²) in [4.78, 5) is 13.0. The van der Waals surface area contributed by atoms with Gasteiger partial charge in [0.05, 0.1) is 7.11 Å². The Labute approximate surface area is 78.8 Å². The van der Waals surface area contributed by atoms with Gasteiger partial charge in [-0.05, 0) is 19.3 Å². The van der Waals surface area contributed by atoms with E-state index in [9.17, 15) is 4.79 Å². The normalized spacial score (nSPS) is 23.8. The second-order valence-electron chi connectivity index (χ2n) is 3.20. The van der Waals surface area contributed by atoms with Crippen molar-refractivity contribution in [2.45, 2.75) is 31.9 Å². The quantitative estimate of drug-likeness (QED) is 0.626. The first kappa shape index (κ1) is 10.3. The number of amides is 1. The number of carbonyl (C=O) groups is 1. The molecule has 1 atom stereocenters. The largest absolute Gasteiger partial charge is 0.453 e. The van der Waals surface area contributed by atoms with Gasteiger partial charge < -0.3 is 9.47 Å². The minimum absolute atomic E-state index is 0.102. The van der Waals surface area contributed by atoms with Gasteiger partial charge in [0, 0.05) is 13.7 Å².